The largest absolute Gasteiger partial charge is 0.339 e. The Morgan fingerprint density at radius 3 is 2.37 bits per heavy atom. The highest BCUT2D eigenvalue weighted by molar-refractivity contribution is 7.99. The highest BCUT2D eigenvalue weighted by atomic mass is 32.2. The molecule has 3 rings (SSSR count). The molecule has 3 aromatic rings. The number of rotatable bonds is 7. The van der Waals surface area contributed by atoms with Gasteiger partial charge in [-0.2, -0.15) is 5.26 Å². The number of hydrogen-bond donors (Lipinski definition) is 1. The molecule has 5 nitrogen and oxygen atoms in total. The van der Waals surface area contributed by atoms with Crippen LogP contribution in [-0.4, -0.2) is 21.5 Å². The summed E-state index contributed by atoms with van der Waals surface area (Å²) < 4.78 is 13.4. The summed E-state index contributed by atoms with van der Waals surface area (Å²) in [7, 11) is 0. The molecule has 0 spiro atoms. The van der Waals surface area contributed by atoms with E-state index in [0.717, 1.165) is 5.75 Å². The molecule has 0 amide bonds. The molecule has 0 aliphatic carbocycles. The molecule has 0 fully saturated rings. The number of halogens is 1. The van der Waals surface area contributed by atoms with E-state index in [1.165, 1.54) is 30.8 Å². The number of carbonyl (C=O) groups is 1. The van der Waals surface area contributed by atoms with Crippen molar-refractivity contribution in [1.29, 1.82) is 5.26 Å². The topological polar surface area (TPSA) is 78.7 Å². The van der Waals surface area contributed by atoms with Gasteiger partial charge in [0.2, 0.25) is 0 Å². The van der Waals surface area contributed by atoms with Gasteiger partial charge in [0.15, 0.2) is 16.8 Å². The number of nitriles is 1. The van der Waals surface area contributed by atoms with Crippen LogP contribution < -0.4 is 5.32 Å². The summed E-state index contributed by atoms with van der Waals surface area (Å²) in [6.07, 6.45) is 0. The van der Waals surface area contributed by atoms with E-state index in [2.05, 4.69) is 35.2 Å². The highest BCUT2D eigenvalue weighted by Crippen LogP contribution is 2.31. The maximum Gasteiger partial charge on any atom is 0.190 e. The minimum atomic E-state index is -0.357. The van der Waals surface area contributed by atoms with Gasteiger partial charge in [-0.15, -0.1) is 0 Å². The van der Waals surface area contributed by atoms with Crippen LogP contribution in [-0.2, 0) is 0 Å². The number of anilines is 2. The van der Waals surface area contributed by atoms with Crippen LogP contribution in [0.25, 0.3) is 11.3 Å². The fourth-order valence-electron chi connectivity index (χ4n) is 2.68. The van der Waals surface area contributed by atoms with E-state index in [-0.39, 0.29) is 17.2 Å². The van der Waals surface area contributed by atoms with E-state index in [1.54, 1.807) is 36.4 Å². The molecule has 1 heterocycles. The fourth-order valence-corrected chi connectivity index (χ4v) is 3.48. The minimum absolute atomic E-state index is 0.0210. The Bertz CT molecular complexity index is 1090. The predicted octanol–water partition coefficient (Wildman–Crippen LogP) is 5.85. The van der Waals surface area contributed by atoms with Gasteiger partial charge in [-0.3, -0.25) is 4.79 Å². The molecule has 7 heteroatoms. The lowest BCUT2D eigenvalue weighted by atomic mass is 10.1. The van der Waals surface area contributed by atoms with Crippen molar-refractivity contribution in [3.8, 4) is 17.3 Å². The quantitative estimate of drug-likeness (QED) is 0.293. The van der Waals surface area contributed by atoms with Crippen LogP contribution in [0.5, 0.6) is 0 Å². The molecule has 0 radical (unpaired) electrons. The average molecular weight is 421 g/mol. The molecule has 0 saturated heterocycles. The van der Waals surface area contributed by atoms with Crippen molar-refractivity contribution in [3.63, 3.8) is 0 Å². The lowest BCUT2D eigenvalue weighted by Gasteiger charge is -2.13. The third-order valence-corrected chi connectivity index (χ3v) is 5.49. The van der Waals surface area contributed by atoms with E-state index in [0.29, 0.717) is 39.4 Å². The number of hydrogen-bond acceptors (Lipinski definition) is 6. The van der Waals surface area contributed by atoms with Gasteiger partial charge in [-0.25, -0.2) is 14.4 Å². The molecular formula is C23H21FN4OS. The molecule has 0 aliphatic rings. The average Bonchev–Trinajstić information content (AvgIpc) is 2.73. The van der Waals surface area contributed by atoms with Crippen molar-refractivity contribution in [2.75, 3.05) is 11.1 Å². The molecule has 0 atom stereocenters. The van der Waals surface area contributed by atoms with Crippen LogP contribution in [0.1, 0.15) is 36.7 Å². The van der Waals surface area contributed by atoms with Gasteiger partial charge in [0.25, 0.3) is 0 Å². The SMILES string of the molecule is CC(=O)c1ccc(Nc2nc(SCC(C)C)nc(-c3ccc(F)cc3)c2C#N)cc1. The number of carbonyl (C=O) groups excluding carboxylic acids is 1. The van der Waals surface area contributed by atoms with Crippen LogP contribution in [0.4, 0.5) is 15.9 Å². The summed E-state index contributed by atoms with van der Waals surface area (Å²) in [5.41, 5.74) is 2.65. The molecule has 0 bridgehead atoms. The van der Waals surface area contributed by atoms with Crippen molar-refractivity contribution in [3.05, 3.63) is 65.5 Å². The Balaban J connectivity index is 2.06. The first-order valence-electron chi connectivity index (χ1n) is 9.46. The summed E-state index contributed by atoms with van der Waals surface area (Å²) in [4.78, 5) is 20.6. The molecule has 1 aromatic heterocycles. The van der Waals surface area contributed by atoms with Gasteiger partial charge in [0.05, 0.1) is 5.69 Å². The standard InChI is InChI=1S/C23H21FN4OS/c1-14(2)13-30-23-27-21(17-4-8-18(24)9-5-17)20(12-25)22(28-23)26-19-10-6-16(7-11-19)15(3)29/h4-11,14H,13H2,1-3H3,(H,26,27,28). The van der Waals surface area contributed by atoms with E-state index >= 15 is 0 Å². The Labute approximate surface area is 179 Å². The maximum absolute atomic E-state index is 13.4. The first-order valence-corrected chi connectivity index (χ1v) is 10.4. The van der Waals surface area contributed by atoms with E-state index < -0.39 is 0 Å². The Morgan fingerprint density at radius 2 is 1.80 bits per heavy atom. The smallest absolute Gasteiger partial charge is 0.190 e. The van der Waals surface area contributed by atoms with E-state index in [1.807, 2.05) is 0 Å². The number of ketones is 1. The zero-order valence-corrected chi connectivity index (χ0v) is 17.8. The molecule has 1 N–H and O–H groups in total. The molecule has 30 heavy (non-hydrogen) atoms. The molecule has 152 valence electrons. The van der Waals surface area contributed by atoms with Gasteiger partial charge in [-0.1, -0.05) is 25.6 Å². The maximum atomic E-state index is 13.4. The van der Waals surface area contributed by atoms with Crippen molar-refractivity contribution >= 4 is 29.1 Å². The monoisotopic (exact) mass is 420 g/mol. The van der Waals surface area contributed by atoms with Crippen LogP contribution >= 0.6 is 11.8 Å². The second-order valence-electron chi connectivity index (χ2n) is 7.16. The lowest BCUT2D eigenvalue weighted by molar-refractivity contribution is 0.101. The summed E-state index contributed by atoms with van der Waals surface area (Å²) in [6, 6.07) is 15.0. The van der Waals surface area contributed by atoms with Gasteiger partial charge in [0.1, 0.15) is 17.4 Å². The molecule has 2 aromatic carbocycles. The van der Waals surface area contributed by atoms with E-state index in [4.69, 9.17) is 0 Å². The summed E-state index contributed by atoms with van der Waals surface area (Å²) in [6.45, 7) is 5.72. The van der Waals surface area contributed by atoms with Crippen molar-refractivity contribution < 1.29 is 9.18 Å². The number of Topliss-reactive ketones (excluding diaryl/α,β-unsaturated/α-hetero) is 1. The van der Waals surface area contributed by atoms with Gasteiger partial charge < -0.3 is 5.32 Å². The third kappa shape index (κ3) is 5.22. The zero-order valence-electron chi connectivity index (χ0n) is 16.9. The van der Waals surface area contributed by atoms with Gasteiger partial charge in [0, 0.05) is 22.6 Å². The third-order valence-electron chi connectivity index (χ3n) is 4.22. The number of thioether (sulfide) groups is 1. The Kier molecular flexibility index (Phi) is 6.80. The lowest BCUT2D eigenvalue weighted by Crippen LogP contribution is -2.05. The van der Waals surface area contributed by atoms with Gasteiger partial charge >= 0.3 is 0 Å². The number of nitrogens with one attached hydrogen (secondary N) is 1. The van der Waals surface area contributed by atoms with Crippen LogP contribution in [0.2, 0.25) is 0 Å². The Hall–Kier alpha value is -3.24. The summed E-state index contributed by atoms with van der Waals surface area (Å²) in [5, 5.41) is 13.5. The van der Waals surface area contributed by atoms with Crippen LogP contribution in [0.15, 0.2) is 53.7 Å². The normalized spacial score (nSPS) is 10.7. The van der Waals surface area contributed by atoms with Crippen LogP contribution in [0.3, 0.4) is 0 Å². The van der Waals surface area contributed by atoms with Crippen molar-refractivity contribution in [1.82, 2.24) is 9.97 Å². The second kappa shape index (κ2) is 9.51. The molecule has 0 unspecified atom stereocenters. The van der Waals surface area contributed by atoms with Crippen molar-refractivity contribution in [2.24, 2.45) is 5.92 Å². The van der Waals surface area contributed by atoms with Gasteiger partial charge in [-0.05, 0) is 61.4 Å². The Morgan fingerprint density at radius 1 is 1.13 bits per heavy atom. The van der Waals surface area contributed by atoms with E-state index in [9.17, 15) is 14.4 Å². The minimum Gasteiger partial charge on any atom is -0.339 e. The first-order chi connectivity index (χ1) is 14.4. The number of benzene rings is 2. The van der Waals surface area contributed by atoms with Crippen LogP contribution in [0, 0.1) is 23.1 Å². The number of aromatic nitrogens is 2. The fraction of sp³-hybridized carbons (Fsp3) is 0.217. The summed E-state index contributed by atoms with van der Waals surface area (Å²) in [5.74, 6) is 1.26. The molecule has 0 aliphatic heterocycles. The molecule has 0 saturated carbocycles. The highest BCUT2D eigenvalue weighted by Gasteiger charge is 2.17. The van der Waals surface area contributed by atoms with Crippen molar-refractivity contribution in [2.45, 2.75) is 25.9 Å². The second-order valence-corrected chi connectivity index (χ2v) is 8.15. The predicted molar refractivity (Wildman–Crippen MR) is 117 cm³/mol. The number of nitrogens with zero attached hydrogens (tertiary/aromatic N) is 3. The first kappa shape index (κ1) is 21.5. The molecular weight excluding hydrogens is 399 g/mol. The summed E-state index contributed by atoms with van der Waals surface area (Å²) >= 11 is 1.50. The zero-order chi connectivity index (χ0) is 21.7.